The van der Waals surface area contributed by atoms with Crippen molar-refractivity contribution in [2.45, 2.75) is 58.0 Å². The maximum absolute atomic E-state index is 12.4. The van der Waals surface area contributed by atoms with Gasteiger partial charge in [0.1, 0.15) is 5.82 Å². The molecule has 1 aromatic heterocycles. The lowest BCUT2D eigenvalue weighted by Gasteiger charge is -2.33. The molecule has 26 heavy (non-hydrogen) atoms. The highest BCUT2D eigenvalue weighted by molar-refractivity contribution is 5.92. The van der Waals surface area contributed by atoms with E-state index in [1.807, 2.05) is 12.1 Å². The minimum Gasteiger partial charge on any atom is -0.357 e. The number of pyridine rings is 1. The smallest absolute Gasteiger partial charge is 0.238 e. The van der Waals surface area contributed by atoms with Gasteiger partial charge in [-0.2, -0.15) is 0 Å². The van der Waals surface area contributed by atoms with Crippen LogP contribution in [0.1, 0.15) is 46.0 Å². The second-order valence-corrected chi connectivity index (χ2v) is 7.90. The van der Waals surface area contributed by atoms with E-state index in [-0.39, 0.29) is 5.91 Å². The van der Waals surface area contributed by atoms with E-state index in [0.29, 0.717) is 18.6 Å². The molecule has 0 bridgehead atoms. The standard InChI is InChI=1S/C20H33N5O/c1-16(2)22-18-7-6-10-24(14-18)15-20(26)23-17-8-9-19(21-13-17)25-11-4-3-5-12-25/h8-9,13,16,18,22H,3-7,10-12,14-15H2,1-2H3,(H,23,26). The van der Waals surface area contributed by atoms with Gasteiger partial charge in [0, 0.05) is 31.7 Å². The van der Waals surface area contributed by atoms with E-state index >= 15 is 0 Å². The molecule has 2 aliphatic heterocycles. The van der Waals surface area contributed by atoms with Gasteiger partial charge in [-0.05, 0) is 50.8 Å². The molecule has 6 nitrogen and oxygen atoms in total. The zero-order valence-electron chi connectivity index (χ0n) is 16.2. The first-order valence-electron chi connectivity index (χ1n) is 10.1. The lowest BCUT2D eigenvalue weighted by molar-refractivity contribution is -0.117. The van der Waals surface area contributed by atoms with Crippen molar-refractivity contribution in [1.82, 2.24) is 15.2 Å². The van der Waals surface area contributed by atoms with Crippen LogP contribution in [0, 0.1) is 0 Å². The molecule has 3 rings (SSSR count). The van der Waals surface area contributed by atoms with E-state index in [9.17, 15) is 4.79 Å². The van der Waals surface area contributed by atoms with E-state index in [1.165, 1.54) is 25.7 Å². The molecule has 0 aliphatic carbocycles. The van der Waals surface area contributed by atoms with Gasteiger partial charge in [-0.25, -0.2) is 4.98 Å². The van der Waals surface area contributed by atoms with E-state index in [4.69, 9.17) is 0 Å². The van der Waals surface area contributed by atoms with E-state index in [1.54, 1.807) is 6.20 Å². The van der Waals surface area contributed by atoms with Gasteiger partial charge >= 0.3 is 0 Å². The molecule has 1 amide bonds. The number of amides is 1. The quantitative estimate of drug-likeness (QED) is 0.817. The topological polar surface area (TPSA) is 60.5 Å². The van der Waals surface area contributed by atoms with Crippen LogP contribution in [0.15, 0.2) is 18.3 Å². The fourth-order valence-corrected chi connectivity index (χ4v) is 3.98. The van der Waals surface area contributed by atoms with Gasteiger partial charge in [0.05, 0.1) is 18.4 Å². The lowest BCUT2D eigenvalue weighted by atomic mass is 10.0. The zero-order chi connectivity index (χ0) is 18.4. The van der Waals surface area contributed by atoms with Crippen molar-refractivity contribution in [3.05, 3.63) is 18.3 Å². The molecule has 2 saturated heterocycles. The monoisotopic (exact) mass is 359 g/mol. The molecule has 1 atom stereocenters. The van der Waals surface area contributed by atoms with Gasteiger partial charge in [0.2, 0.25) is 5.91 Å². The van der Waals surface area contributed by atoms with Crippen molar-refractivity contribution in [2.75, 3.05) is 42.9 Å². The summed E-state index contributed by atoms with van der Waals surface area (Å²) in [5.41, 5.74) is 0.782. The third-order valence-corrected chi connectivity index (χ3v) is 5.15. The molecule has 6 heteroatoms. The van der Waals surface area contributed by atoms with Crippen LogP contribution in [0.3, 0.4) is 0 Å². The predicted octanol–water partition coefficient (Wildman–Crippen LogP) is 2.47. The van der Waals surface area contributed by atoms with Gasteiger partial charge in [-0.1, -0.05) is 13.8 Å². The number of aromatic nitrogens is 1. The summed E-state index contributed by atoms with van der Waals surface area (Å²) in [6.45, 7) is 8.90. The molecule has 2 N–H and O–H groups in total. The van der Waals surface area contributed by atoms with Crippen LogP contribution in [0.5, 0.6) is 0 Å². The van der Waals surface area contributed by atoms with Gasteiger partial charge in [0.15, 0.2) is 0 Å². The highest BCUT2D eigenvalue weighted by Gasteiger charge is 2.22. The number of hydrogen-bond acceptors (Lipinski definition) is 5. The van der Waals surface area contributed by atoms with Gasteiger partial charge in [0.25, 0.3) is 0 Å². The van der Waals surface area contributed by atoms with Crippen molar-refractivity contribution in [3.63, 3.8) is 0 Å². The molecular weight excluding hydrogens is 326 g/mol. The number of nitrogens with one attached hydrogen (secondary N) is 2. The largest absolute Gasteiger partial charge is 0.357 e. The van der Waals surface area contributed by atoms with Crippen LogP contribution in [-0.4, -0.2) is 60.6 Å². The van der Waals surface area contributed by atoms with Crippen molar-refractivity contribution < 1.29 is 4.79 Å². The van der Waals surface area contributed by atoms with E-state index in [2.05, 4.69) is 39.3 Å². The highest BCUT2D eigenvalue weighted by atomic mass is 16.2. The lowest BCUT2D eigenvalue weighted by Crippen LogP contribution is -2.49. The number of carbonyl (C=O) groups excluding carboxylic acids is 1. The molecule has 1 unspecified atom stereocenters. The number of piperidine rings is 2. The summed E-state index contributed by atoms with van der Waals surface area (Å²) >= 11 is 0. The summed E-state index contributed by atoms with van der Waals surface area (Å²) in [4.78, 5) is 21.5. The van der Waals surface area contributed by atoms with Crippen LogP contribution in [0.25, 0.3) is 0 Å². The fraction of sp³-hybridized carbons (Fsp3) is 0.700. The molecule has 144 valence electrons. The second-order valence-electron chi connectivity index (χ2n) is 7.90. The Bertz CT molecular complexity index is 568. The maximum Gasteiger partial charge on any atom is 0.238 e. The molecule has 0 radical (unpaired) electrons. The molecule has 2 fully saturated rings. The normalized spacial score (nSPS) is 21.8. The molecule has 0 saturated carbocycles. The first kappa shape index (κ1) is 19.1. The van der Waals surface area contributed by atoms with Crippen molar-refractivity contribution >= 4 is 17.4 Å². The van der Waals surface area contributed by atoms with Gasteiger partial charge in [-0.15, -0.1) is 0 Å². The van der Waals surface area contributed by atoms with Crippen LogP contribution in [0.4, 0.5) is 11.5 Å². The van der Waals surface area contributed by atoms with E-state index < -0.39 is 0 Å². The molecule has 2 aliphatic rings. The molecular formula is C20H33N5O. The Kier molecular flexibility index (Phi) is 6.86. The average Bonchev–Trinajstić information content (AvgIpc) is 2.63. The van der Waals surface area contributed by atoms with Crippen LogP contribution >= 0.6 is 0 Å². The van der Waals surface area contributed by atoms with Crippen molar-refractivity contribution in [2.24, 2.45) is 0 Å². The van der Waals surface area contributed by atoms with Crippen LogP contribution < -0.4 is 15.5 Å². The summed E-state index contributed by atoms with van der Waals surface area (Å²) < 4.78 is 0. The first-order valence-corrected chi connectivity index (χ1v) is 10.1. The second kappa shape index (κ2) is 9.33. The predicted molar refractivity (Wildman–Crippen MR) is 107 cm³/mol. The SMILES string of the molecule is CC(C)NC1CCCN(CC(=O)Nc2ccc(N3CCCCC3)nc2)C1. The Hall–Kier alpha value is -1.66. The summed E-state index contributed by atoms with van der Waals surface area (Å²) in [5, 5.41) is 6.58. The summed E-state index contributed by atoms with van der Waals surface area (Å²) in [7, 11) is 0. The Morgan fingerprint density at radius 1 is 1.19 bits per heavy atom. The Labute approximate surface area is 157 Å². The molecule has 3 heterocycles. The van der Waals surface area contributed by atoms with Crippen molar-refractivity contribution in [1.29, 1.82) is 0 Å². The third-order valence-electron chi connectivity index (χ3n) is 5.15. The molecule has 0 aromatic carbocycles. The van der Waals surface area contributed by atoms with E-state index in [0.717, 1.165) is 44.1 Å². The number of hydrogen-bond donors (Lipinski definition) is 2. The van der Waals surface area contributed by atoms with Gasteiger partial charge in [-0.3, -0.25) is 9.69 Å². The maximum atomic E-state index is 12.4. The Morgan fingerprint density at radius 3 is 2.69 bits per heavy atom. The summed E-state index contributed by atoms with van der Waals surface area (Å²) in [6, 6.07) is 4.96. The number of rotatable bonds is 6. The summed E-state index contributed by atoms with van der Waals surface area (Å²) in [5.74, 6) is 1.06. The highest BCUT2D eigenvalue weighted by Crippen LogP contribution is 2.19. The van der Waals surface area contributed by atoms with Crippen LogP contribution in [0.2, 0.25) is 0 Å². The molecule has 1 aromatic rings. The number of nitrogens with zero attached hydrogens (tertiary/aromatic N) is 3. The number of likely N-dealkylation sites (tertiary alicyclic amines) is 1. The zero-order valence-corrected chi connectivity index (χ0v) is 16.2. The summed E-state index contributed by atoms with van der Waals surface area (Å²) in [6.07, 6.45) is 7.91. The number of anilines is 2. The van der Waals surface area contributed by atoms with Gasteiger partial charge < -0.3 is 15.5 Å². The van der Waals surface area contributed by atoms with Crippen molar-refractivity contribution in [3.8, 4) is 0 Å². The Balaban J connectivity index is 1.47. The Morgan fingerprint density at radius 2 is 2.00 bits per heavy atom. The first-order chi connectivity index (χ1) is 12.6. The minimum absolute atomic E-state index is 0.0442. The average molecular weight is 360 g/mol. The fourth-order valence-electron chi connectivity index (χ4n) is 3.98. The minimum atomic E-state index is 0.0442. The third kappa shape index (κ3) is 5.68. The number of carbonyl (C=O) groups is 1. The molecule has 0 spiro atoms. The van der Waals surface area contributed by atoms with Crippen LogP contribution in [-0.2, 0) is 4.79 Å².